The summed E-state index contributed by atoms with van der Waals surface area (Å²) in [7, 11) is 0. The zero-order valence-corrected chi connectivity index (χ0v) is 12.3. The van der Waals surface area contributed by atoms with E-state index in [9.17, 15) is 5.11 Å². The predicted molar refractivity (Wildman–Crippen MR) is 78.2 cm³/mol. The smallest absolute Gasteiger partial charge is 0.0669 e. The first kappa shape index (κ1) is 13.8. The molecule has 3 aliphatic rings. The summed E-state index contributed by atoms with van der Waals surface area (Å²) in [5, 5.41) is 10.3. The van der Waals surface area contributed by atoms with E-state index >= 15 is 0 Å². The number of likely N-dealkylation sites (tertiary alicyclic amines) is 2. The maximum absolute atomic E-state index is 10.3. The van der Waals surface area contributed by atoms with Gasteiger partial charge in [-0.2, -0.15) is 0 Å². The molecule has 2 saturated heterocycles. The lowest BCUT2D eigenvalue weighted by Crippen LogP contribution is -2.37. The lowest BCUT2D eigenvalue weighted by molar-refractivity contribution is 0.0975. The van der Waals surface area contributed by atoms with Crippen molar-refractivity contribution in [1.29, 1.82) is 0 Å². The Bertz CT molecular complexity index is 272. The molecule has 1 saturated carbocycles. The molecule has 2 heterocycles. The van der Waals surface area contributed by atoms with Crippen LogP contribution in [0.25, 0.3) is 0 Å². The average molecular weight is 266 g/mol. The molecule has 2 unspecified atom stereocenters. The molecule has 19 heavy (non-hydrogen) atoms. The maximum atomic E-state index is 10.3. The van der Waals surface area contributed by atoms with E-state index in [0.717, 1.165) is 24.9 Å². The fourth-order valence-corrected chi connectivity index (χ4v) is 4.39. The van der Waals surface area contributed by atoms with Gasteiger partial charge in [0.05, 0.1) is 6.10 Å². The lowest BCUT2D eigenvalue weighted by atomic mass is 10.00. The van der Waals surface area contributed by atoms with E-state index in [1.54, 1.807) is 0 Å². The van der Waals surface area contributed by atoms with Crippen LogP contribution in [-0.4, -0.2) is 59.8 Å². The highest BCUT2D eigenvalue weighted by molar-refractivity contribution is 4.86. The van der Waals surface area contributed by atoms with Gasteiger partial charge in [0.25, 0.3) is 0 Å². The number of hydrogen-bond acceptors (Lipinski definition) is 3. The van der Waals surface area contributed by atoms with Crippen molar-refractivity contribution in [2.75, 3.05) is 32.7 Å². The van der Waals surface area contributed by atoms with Crippen LogP contribution in [-0.2, 0) is 0 Å². The molecule has 1 N–H and O–H groups in total. The first-order chi connectivity index (χ1) is 9.31. The van der Waals surface area contributed by atoms with Gasteiger partial charge in [0.2, 0.25) is 0 Å². The molecular formula is C16H30N2O. The van der Waals surface area contributed by atoms with Gasteiger partial charge in [-0.3, -0.25) is 9.80 Å². The minimum Gasteiger partial charge on any atom is -0.392 e. The molecule has 2 atom stereocenters. The molecule has 0 bridgehead atoms. The largest absolute Gasteiger partial charge is 0.392 e. The molecule has 110 valence electrons. The van der Waals surface area contributed by atoms with Gasteiger partial charge < -0.3 is 5.11 Å². The van der Waals surface area contributed by atoms with E-state index in [1.165, 1.54) is 71.1 Å². The minimum absolute atomic E-state index is 0.0829. The number of nitrogens with zero attached hydrogens (tertiary/aromatic N) is 2. The average Bonchev–Trinajstić information content (AvgIpc) is 3.09. The summed E-state index contributed by atoms with van der Waals surface area (Å²) < 4.78 is 0. The molecule has 3 nitrogen and oxygen atoms in total. The molecular weight excluding hydrogens is 236 g/mol. The van der Waals surface area contributed by atoms with Crippen molar-refractivity contribution in [2.24, 2.45) is 5.92 Å². The van der Waals surface area contributed by atoms with Crippen LogP contribution in [0.5, 0.6) is 0 Å². The van der Waals surface area contributed by atoms with E-state index in [1.807, 2.05) is 0 Å². The highest BCUT2D eigenvalue weighted by Crippen LogP contribution is 2.29. The van der Waals surface area contributed by atoms with Gasteiger partial charge in [-0.25, -0.2) is 0 Å². The Labute approximate surface area is 118 Å². The Hall–Kier alpha value is -0.120. The molecule has 1 aliphatic carbocycles. The third-order valence-electron chi connectivity index (χ3n) is 5.45. The third kappa shape index (κ3) is 3.71. The monoisotopic (exact) mass is 266 g/mol. The van der Waals surface area contributed by atoms with Crippen molar-refractivity contribution < 1.29 is 5.11 Å². The number of aliphatic hydroxyl groups is 1. The molecule has 0 amide bonds. The number of β-amino-alcohol motifs (C(OH)–C–C–N with tert-alkyl or cyclic N) is 1. The highest BCUT2D eigenvalue weighted by Gasteiger charge is 2.30. The fraction of sp³-hybridized carbons (Fsp3) is 1.00. The zero-order chi connectivity index (χ0) is 13.1. The second-order valence-corrected chi connectivity index (χ2v) is 6.99. The fourth-order valence-electron chi connectivity index (χ4n) is 4.39. The van der Waals surface area contributed by atoms with Gasteiger partial charge in [0.1, 0.15) is 0 Å². The summed E-state index contributed by atoms with van der Waals surface area (Å²) in [5.74, 6) is 0.812. The molecule has 0 aromatic heterocycles. The molecule has 3 fully saturated rings. The van der Waals surface area contributed by atoms with Crippen LogP contribution in [0.1, 0.15) is 51.4 Å². The highest BCUT2D eigenvalue weighted by atomic mass is 16.3. The second kappa shape index (κ2) is 6.55. The topological polar surface area (TPSA) is 26.7 Å². The maximum Gasteiger partial charge on any atom is 0.0669 e. The van der Waals surface area contributed by atoms with E-state index in [-0.39, 0.29) is 6.10 Å². The van der Waals surface area contributed by atoms with Gasteiger partial charge in [-0.15, -0.1) is 0 Å². The van der Waals surface area contributed by atoms with E-state index in [4.69, 9.17) is 0 Å². The van der Waals surface area contributed by atoms with Crippen molar-refractivity contribution in [3.8, 4) is 0 Å². The molecule has 0 aromatic rings. The first-order valence-electron chi connectivity index (χ1n) is 8.46. The number of aliphatic hydroxyl groups excluding tert-OH is 1. The summed E-state index contributed by atoms with van der Waals surface area (Å²) >= 11 is 0. The predicted octanol–water partition coefficient (Wildman–Crippen LogP) is 2.10. The quantitative estimate of drug-likeness (QED) is 0.825. The summed E-state index contributed by atoms with van der Waals surface area (Å²) in [4.78, 5) is 5.17. The molecule has 0 spiro atoms. The SMILES string of the molecule is OC(CC1CCCC1)CN1CCC(N2CCCC2)C1. The third-order valence-corrected chi connectivity index (χ3v) is 5.45. The van der Waals surface area contributed by atoms with Crippen LogP contribution in [0.15, 0.2) is 0 Å². The summed E-state index contributed by atoms with van der Waals surface area (Å²) in [6.07, 6.45) is 10.5. The standard InChI is InChI=1S/C16H30N2O/c19-16(11-14-5-1-2-6-14)13-17-10-7-15(12-17)18-8-3-4-9-18/h14-16,19H,1-13H2. The summed E-state index contributed by atoms with van der Waals surface area (Å²) in [6, 6.07) is 0.779. The van der Waals surface area contributed by atoms with Crippen LogP contribution in [0.4, 0.5) is 0 Å². The Morgan fingerprint density at radius 1 is 0.947 bits per heavy atom. The minimum atomic E-state index is -0.0829. The molecule has 0 radical (unpaired) electrons. The van der Waals surface area contributed by atoms with Gasteiger partial charge in [-0.05, 0) is 51.2 Å². The van der Waals surface area contributed by atoms with Crippen molar-refractivity contribution in [2.45, 2.75) is 63.5 Å². The van der Waals surface area contributed by atoms with Gasteiger partial charge in [-0.1, -0.05) is 25.7 Å². The van der Waals surface area contributed by atoms with E-state index < -0.39 is 0 Å². The van der Waals surface area contributed by atoms with Crippen molar-refractivity contribution in [1.82, 2.24) is 9.80 Å². The van der Waals surface area contributed by atoms with Crippen LogP contribution < -0.4 is 0 Å². The van der Waals surface area contributed by atoms with Crippen molar-refractivity contribution in [3.05, 3.63) is 0 Å². The van der Waals surface area contributed by atoms with Crippen LogP contribution in [0.2, 0.25) is 0 Å². The summed E-state index contributed by atoms with van der Waals surface area (Å²) in [5.41, 5.74) is 0. The second-order valence-electron chi connectivity index (χ2n) is 6.99. The molecule has 0 aromatic carbocycles. The first-order valence-corrected chi connectivity index (χ1v) is 8.46. The van der Waals surface area contributed by atoms with Crippen LogP contribution in [0, 0.1) is 5.92 Å². The normalized spacial score (nSPS) is 32.4. The van der Waals surface area contributed by atoms with Gasteiger partial charge in [0, 0.05) is 19.1 Å². The number of rotatable bonds is 5. The Morgan fingerprint density at radius 3 is 2.42 bits per heavy atom. The van der Waals surface area contributed by atoms with Crippen molar-refractivity contribution >= 4 is 0 Å². The Kier molecular flexibility index (Phi) is 4.78. The Morgan fingerprint density at radius 2 is 1.68 bits per heavy atom. The van der Waals surface area contributed by atoms with Gasteiger partial charge >= 0.3 is 0 Å². The molecule has 3 heteroatoms. The van der Waals surface area contributed by atoms with Gasteiger partial charge in [0.15, 0.2) is 0 Å². The van der Waals surface area contributed by atoms with E-state index in [0.29, 0.717) is 0 Å². The van der Waals surface area contributed by atoms with Crippen molar-refractivity contribution in [3.63, 3.8) is 0 Å². The zero-order valence-electron chi connectivity index (χ0n) is 12.3. The van der Waals surface area contributed by atoms with E-state index in [2.05, 4.69) is 9.80 Å². The molecule has 3 rings (SSSR count). The number of hydrogen-bond donors (Lipinski definition) is 1. The summed E-state index contributed by atoms with van der Waals surface area (Å²) in [6.45, 7) is 5.93. The van der Waals surface area contributed by atoms with Crippen LogP contribution in [0.3, 0.4) is 0 Å². The molecule has 2 aliphatic heterocycles. The van der Waals surface area contributed by atoms with Crippen LogP contribution >= 0.6 is 0 Å². The Balaban J connectivity index is 1.38. The lowest BCUT2D eigenvalue weighted by Gasteiger charge is -2.25.